The molecular formula is C19H30N4O3. The van der Waals surface area contributed by atoms with Crippen LogP contribution in [0.3, 0.4) is 0 Å². The Morgan fingerprint density at radius 2 is 2.12 bits per heavy atom. The number of aryl methyl sites for hydroxylation is 1. The first-order valence-corrected chi connectivity index (χ1v) is 9.30. The fourth-order valence-electron chi connectivity index (χ4n) is 2.92. The fourth-order valence-corrected chi connectivity index (χ4v) is 2.92. The quantitative estimate of drug-likeness (QED) is 0.741. The van der Waals surface area contributed by atoms with Crippen molar-refractivity contribution in [1.82, 2.24) is 19.8 Å². The molecule has 0 saturated carbocycles. The second-order valence-corrected chi connectivity index (χ2v) is 7.22. The lowest BCUT2D eigenvalue weighted by atomic mass is 10.1. The molecule has 7 heteroatoms. The largest absolute Gasteiger partial charge is 0.442 e. The number of rotatable bonds is 9. The monoisotopic (exact) mass is 362 g/mol. The van der Waals surface area contributed by atoms with Crippen LogP contribution in [-0.4, -0.2) is 47.0 Å². The molecule has 0 fully saturated rings. The number of carbonyl (C=O) groups excluding carboxylic acids is 1. The van der Waals surface area contributed by atoms with Crippen molar-refractivity contribution in [3.05, 3.63) is 28.0 Å². The van der Waals surface area contributed by atoms with Crippen LogP contribution in [-0.2, 0) is 6.54 Å². The van der Waals surface area contributed by atoms with Crippen LogP contribution >= 0.6 is 0 Å². The summed E-state index contributed by atoms with van der Waals surface area (Å²) in [5.41, 5.74) is 0.287. The summed E-state index contributed by atoms with van der Waals surface area (Å²) in [6.07, 6.45) is 3.77. The number of hydrogen-bond acceptors (Lipinski definition) is 5. The Kier molecular flexibility index (Phi) is 6.97. The van der Waals surface area contributed by atoms with Crippen LogP contribution in [0.15, 0.2) is 15.5 Å². The van der Waals surface area contributed by atoms with E-state index in [1.165, 1.54) is 10.9 Å². The van der Waals surface area contributed by atoms with Gasteiger partial charge in [0.25, 0.3) is 11.5 Å². The molecule has 7 nitrogen and oxygen atoms in total. The average molecular weight is 362 g/mol. The molecular weight excluding hydrogens is 332 g/mol. The number of likely N-dealkylation sites (N-methyl/N-ethyl adjacent to an activating group) is 1. The smallest absolute Gasteiger partial charge is 0.265 e. The van der Waals surface area contributed by atoms with Gasteiger partial charge >= 0.3 is 0 Å². The maximum absolute atomic E-state index is 12.8. The predicted molar refractivity (Wildman–Crippen MR) is 103 cm³/mol. The van der Waals surface area contributed by atoms with Crippen molar-refractivity contribution < 1.29 is 9.21 Å². The number of aromatic nitrogens is 2. The standard InChI is InChI=1S/C19H30N4O3/c1-6-7-9-22(5)10-8-20-17(24)15-14(4)26-18-16(15)19(25)23(12-21-18)11-13(2)3/h12-13H,6-11H2,1-5H3,(H,20,24). The van der Waals surface area contributed by atoms with E-state index in [1.807, 2.05) is 20.9 Å². The zero-order valence-corrected chi connectivity index (χ0v) is 16.5. The molecule has 26 heavy (non-hydrogen) atoms. The van der Waals surface area contributed by atoms with Gasteiger partial charge in [0.2, 0.25) is 5.71 Å². The van der Waals surface area contributed by atoms with Crippen molar-refractivity contribution in [2.24, 2.45) is 5.92 Å². The molecule has 0 spiro atoms. The minimum Gasteiger partial charge on any atom is -0.442 e. The lowest BCUT2D eigenvalue weighted by molar-refractivity contribution is 0.0949. The van der Waals surface area contributed by atoms with Crippen LogP contribution in [0.25, 0.3) is 11.1 Å². The van der Waals surface area contributed by atoms with Gasteiger partial charge in [-0.3, -0.25) is 14.2 Å². The molecule has 1 N–H and O–H groups in total. The van der Waals surface area contributed by atoms with Crippen LogP contribution < -0.4 is 10.9 Å². The topological polar surface area (TPSA) is 80.4 Å². The molecule has 0 bridgehead atoms. The van der Waals surface area contributed by atoms with Crippen molar-refractivity contribution in [3.8, 4) is 0 Å². The molecule has 0 unspecified atom stereocenters. The number of unbranched alkanes of at least 4 members (excludes halogenated alkanes) is 1. The number of nitrogens with one attached hydrogen (secondary N) is 1. The first-order valence-electron chi connectivity index (χ1n) is 9.30. The van der Waals surface area contributed by atoms with Gasteiger partial charge in [0.15, 0.2) is 0 Å². The van der Waals surface area contributed by atoms with Gasteiger partial charge in [0.1, 0.15) is 17.5 Å². The first kappa shape index (κ1) is 20.2. The highest BCUT2D eigenvalue weighted by Gasteiger charge is 2.22. The molecule has 0 saturated heterocycles. The second-order valence-electron chi connectivity index (χ2n) is 7.22. The molecule has 1 amide bonds. The number of amides is 1. The molecule has 0 aliphatic carbocycles. The number of nitrogens with zero attached hydrogens (tertiary/aromatic N) is 3. The van der Waals surface area contributed by atoms with Gasteiger partial charge in [-0.25, -0.2) is 4.98 Å². The molecule has 2 heterocycles. The van der Waals surface area contributed by atoms with E-state index in [1.54, 1.807) is 6.92 Å². The Bertz CT molecular complexity index is 807. The number of hydrogen-bond donors (Lipinski definition) is 1. The third-order valence-corrected chi connectivity index (χ3v) is 4.32. The zero-order chi connectivity index (χ0) is 19.3. The first-order chi connectivity index (χ1) is 12.3. The highest BCUT2D eigenvalue weighted by atomic mass is 16.3. The van der Waals surface area contributed by atoms with Gasteiger partial charge < -0.3 is 14.6 Å². The van der Waals surface area contributed by atoms with Crippen molar-refractivity contribution >= 4 is 17.0 Å². The average Bonchev–Trinajstić information content (AvgIpc) is 2.92. The predicted octanol–water partition coefficient (Wildman–Crippen LogP) is 2.42. The van der Waals surface area contributed by atoms with E-state index in [-0.39, 0.29) is 22.6 Å². The molecule has 0 aliphatic rings. The Morgan fingerprint density at radius 1 is 1.38 bits per heavy atom. The van der Waals surface area contributed by atoms with Crippen LogP contribution in [0.2, 0.25) is 0 Å². The molecule has 0 aliphatic heterocycles. The minimum absolute atomic E-state index is 0.220. The van der Waals surface area contributed by atoms with E-state index in [2.05, 4.69) is 22.1 Å². The van der Waals surface area contributed by atoms with E-state index in [0.717, 1.165) is 25.9 Å². The van der Waals surface area contributed by atoms with Crippen LogP contribution in [0.5, 0.6) is 0 Å². The highest BCUT2D eigenvalue weighted by Crippen LogP contribution is 2.20. The van der Waals surface area contributed by atoms with Crippen LogP contribution in [0.1, 0.15) is 49.7 Å². The van der Waals surface area contributed by atoms with E-state index < -0.39 is 0 Å². The third kappa shape index (κ3) is 4.72. The Morgan fingerprint density at radius 3 is 2.77 bits per heavy atom. The third-order valence-electron chi connectivity index (χ3n) is 4.32. The van der Waals surface area contributed by atoms with Crippen molar-refractivity contribution in [2.75, 3.05) is 26.7 Å². The lowest BCUT2D eigenvalue weighted by Gasteiger charge is -2.16. The summed E-state index contributed by atoms with van der Waals surface area (Å²) < 4.78 is 7.08. The van der Waals surface area contributed by atoms with Gasteiger partial charge in [-0.05, 0) is 32.9 Å². The van der Waals surface area contributed by atoms with Gasteiger partial charge in [0, 0.05) is 19.6 Å². The normalized spacial score (nSPS) is 11.7. The Labute approximate surface area is 154 Å². The molecule has 144 valence electrons. The maximum atomic E-state index is 12.8. The van der Waals surface area contributed by atoms with E-state index in [4.69, 9.17) is 4.42 Å². The zero-order valence-electron chi connectivity index (χ0n) is 16.5. The fraction of sp³-hybridized carbons (Fsp3) is 0.632. The van der Waals surface area contributed by atoms with Crippen LogP contribution in [0, 0.1) is 12.8 Å². The lowest BCUT2D eigenvalue weighted by Crippen LogP contribution is -2.34. The number of carbonyl (C=O) groups is 1. The summed E-state index contributed by atoms with van der Waals surface area (Å²) in [4.78, 5) is 31.8. The van der Waals surface area contributed by atoms with E-state index in [9.17, 15) is 9.59 Å². The molecule has 0 atom stereocenters. The Balaban J connectivity index is 2.18. The number of furan rings is 1. The summed E-state index contributed by atoms with van der Waals surface area (Å²) in [6, 6.07) is 0. The summed E-state index contributed by atoms with van der Waals surface area (Å²) in [6.45, 7) is 10.7. The van der Waals surface area contributed by atoms with E-state index in [0.29, 0.717) is 30.3 Å². The molecule has 2 aromatic rings. The summed E-state index contributed by atoms with van der Waals surface area (Å²) in [7, 11) is 2.04. The SMILES string of the molecule is CCCCN(C)CCNC(=O)c1c(C)oc2ncn(CC(C)C)c(=O)c12. The minimum atomic E-state index is -0.286. The van der Waals surface area contributed by atoms with Crippen LogP contribution in [0.4, 0.5) is 0 Å². The highest BCUT2D eigenvalue weighted by molar-refractivity contribution is 6.06. The molecule has 0 radical (unpaired) electrons. The van der Waals surface area contributed by atoms with Crippen molar-refractivity contribution in [2.45, 2.75) is 47.1 Å². The van der Waals surface area contributed by atoms with E-state index >= 15 is 0 Å². The summed E-state index contributed by atoms with van der Waals surface area (Å²) in [5, 5.41) is 3.16. The molecule has 0 aromatic carbocycles. The van der Waals surface area contributed by atoms with Gasteiger partial charge in [-0.15, -0.1) is 0 Å². The second kappa shape index (κ2) is 8.98. The van der Waals surface area contributed by atoms with Crippen molar-refractivity contribution in [1.29, 1.82) is 0 Å². The summed E-state index contributed by atoms with van der Waals surface area (Å²) >= 11 is 0. The summed E-state index contributed by atoms with van der Waals surface area (Å²) in [5.74, 6) is 0.436. The van der Waals surface area contributed by atoms with Gasteiger partial charge in [-0.2, -0.15) is 0 Å². The maximum Gasteiger partial charge on any atom is 0.265 e. The molecule has 2 aromatic heterocycles. The van der Waals surface area contributed by atoms with Gasteiger partial charge in [-0.1, -0.05) is 27.2 Å². The van der Waals surface area contributed by atoms with Gasteiger partial charge in [0.05, 0.1) is 5.56 Å². The molecule has 2 rings (SSSR count). The number of fused-ring (bicyclic) bond motifs is 1. The Hall–Kier alpha value is -2.15. The van der Waals surface area contributed by atoms with Crippen molar-refractivity contribution in [3.63, 3.8) is 0 Å².